The number of piperidine rings is 1. The first-order chi connectivity index (χ1) is 15.1. The van der Waals surface area contributed by atoms with Gasteiger partial charge in [0.2, 0.25) is 17.6 Å². The highest BCUT2D eigenvalue weighted by Crippen LogP contribution is 2.20. The van der Waals surface area contributed by atoms with Gasteiger partial charge in [-0.1, -0.05) is 35.0 Å². The second-order valence-electron chi connectivity index (χ2n) is 7.32. The number of aromatic nitrogens is 2. The normalized spacial score (nSPS) is 16.0. The molecule has 2 N–H and O–H groups in total. The number of hydrogen-bond donors (Lipinski definition) is 2. The summed E-state index contributed by atoms with van der Waals surface area (Å²) < 4.78 is 5.23. The topological polar surface area (TPSA) is 100 Å². The number of hydrogen-bond acceptors (Lipinski definition) is 5. The molecule has 3 aromatic rings. The van der Waals surface area contributed by atoms with E-state index in [9.17, 15) is 9.59 Å². The van der Waals surface area contributed by atoms with Crippen LogP contribution in [0.4, 0.5) is 10.5 Å². The minimum absolute atomic E-state index is 0.131. The molecule has 31 heavy (non-hydrogen) atoms. The van der Waals surface area contributed by atoms with Crippen molar-refractivity contribution in [1.29, 1.82) is 0 Å². The number of benzene rings is 2. The molecule has 4 rings (SSSR count). The van der Waals surface area contributed by atoms with E-state index in [1.807, 2.05) is 30.3 Å². The largest absolute Gasteiger partial charge is 0.347 e. The Morgan fingerprint density at radius 3 is 2.68 bits per heavy atom. The van der Waals surface area contributed by atoms with Crippen LogP contribution in [0, 0.1) is 5.92 Å². The Labute approximate surface area is 184 Å². The van der Waals surface area contributed by atoms with Crippen LogP contribution in [0.2, 0.25) is 5.02 Å². The number of carbonyl (C=O) groups is 2. The number of rotatable bonds is 5. The van der Waals surface area contributed by atoms with Gasteiger partial charge in [-0.3, -0.25) is 4.79 Å². The molecule has 1 atom stereocenters. The Morgan fingerprint density at radius 2 is 1.90 bits per heavy atom. The molecular formula is C22H22ClN5O3. The van der Waals surface area contributed by atoms with Crippen molar-refractivity contribution >= 4 is 29.2 Å². The molecule has 1 fully saturated rings. The summed E-state index contributed by atoms with van der Waals surface area (Å²) in [5, 5.41) is 10.3. The first-order valence-electron chi connectivity index (χ1n) is 10.1. The maximum Gasteiger partial charge on any atom is 0.321 e. The van der Waals surface area contributed by atoms with Crippen LogP contribution < -0.4 is 10.6 Å². The van der Waals surface area contributed by atoms with Crippen molar-refractivity contribution in [3.05, 3.63) is 65.5 Å². The summed E-state index contributed by atoms with van der Waals surface area (Å²) >= 11 is 5.89. The van der Waals surface area contributed by atoms with E-state index < -0.39 is 0 Å². The third-order valence-electron chi connectivity index (χ3n) is 5.09. The standard InChI is InChI=1S/C22H22ClN5O3/c23-17-10-8-15(9-11-17)20-26-19(31-27-20)13-24-21(29)16-5-4-12-28(14-16)22(30)25-18-6-2-1-3-7-18/h1-3,6-11,16H,4-5,12-14H2,(H,24,29)(H,25,30). The van der Waals surface area contributed by atoms with Crippen molar-refractivity contribution in [1.82, 2.24) is 20.4 Å². The molecule has 0 spiro atoms. The molecule has 2 heterocycles. The molecule has 1 aromatic heterocycles. The SMILES string of the molecule is O=C(NCc1nc(-c2ccc(Cl)cc2)no1)C1CCCN(C(=O)Nc2ccccc2)C1. The number of urea groups is 1. The number of likely N-dealkylation sites (tertiary alicyclic amines) is 1. The minimum Gasteiger partial charge on any atom is -0.347 e. The highest BCUT2D eigenvalue weighted by atomic mass is 35.5. The van der Waals surface area contributed by atoms with E-state index in [1.165, 1.54) is 0 Å². The molecule has 1 saturated heterocycles. The fourth-order valence-electron chi connectivity index (χ4n) is 3.45. The maximum atomic E-state index is 12.6. The smallest absolute Gasteiger partial charge is 0.321 e. The number of halogens is 1. The lowest BCUT2D eigenvalue weighted by Crippen LogP contribution is -2.46. The number of carbonyl (C=O) groups excluding carboxylic acids is 2. The van der Waals surface area contributed by atoms with E-state index in [0.717, 1.165) is 24.1 Å². The van der Waals surface area contributed by atoms with Gasteiger partial charge in [0, 0.05) is 29.4 Å². The molecule has 8 nitrogen and oxygen atoms in total. The summed E-state index contributed by atoms with van der Waals surface area (Å²) in [5.74, 6) is 0.326. The van der Waals surface area contributed by atoms with Gasteiger partial charge in [0.25, 0.3) is 0 Å². The third-order valence-corrected chi connectivity index (χ3v) is 5.34. The average Bonchev–Trinajstić information content (AvgIpc) is 3.28. The van der Waals surface area contributed by atoms with E-state index in [0.29, 0.717) is 29.8 Å². The maximum absolute atomic E-state index is 12.6. The Morgan fingerprint density at radius 1 is 1.13 bits per heavy atom. The predicted molar refractivity (Wildman–Crippen MR) is 116 cm³/mol. The summed E-state index contributed by atoms with van der Waals surface area (Å²) in [6.45, 7) is 1.12. The lowest BCUT2D eigenvalue weighted by atomic mass is 9.97. The Kier molecular flexibility index (Phi) is 6.47. The van der Waals surface area contributed by atoms with Crippen molar-refractivity contribution in [2.45, 2.75) is 19.4 Å². The molecule has 3 amide bonds. The molecule has 160 valence electrons. The molecule has 9 heteroatoms. The number of anilines is 1. The number of nitrogens with one attached hydrogen (secondary N) is 2. The van der Waals surface area contributed by atoms with E-state index in [4.69, 9.17) is 16.1 Å². The average molecular weight is 440 g/mol. The van der Waals surface area contributed by atoms with E-state index >= 15 is 0 Å². The van der Waals surface area contributed by atoms with Gasteiger partial charge in [-0.15, -0.1) is 0 Å². The van der Waals surface area contributed by atoms with Crippen LogP contribution in [0.3, 0.4) is 0 Å². The lowest BCUT2D eigenvalue weighted by molar-refractivity contribution is -0.126. The Hall–Kier alpha value is -3.39. The first kappa shape index (κ1) is 20.9. The van der Waals surface area contributed by atoms with Crippen molar-refractivity contribution in [3.63, 3.8) is 0 Å². The third kappa shape index (κ3) is 5.40. The predicted octanol–water partition coefficient (Wildman–Crippen LogP) is 3.95. The van der Waals surface area contributed by atoms with E-state index in [2.05, 4.69) is 20.8 Å². The lowest BCUT2D eigenvalue weighted by Gasteiger charge is -2.32. The molecule has 1 unspecified atom stereocenters. The molecular weight excluding hydrogens is 418 g/mol. The van der Waals surface area contributed by atoms with Crippen molar-refractivity contribution < 1.29 is 14.1 Å². The van der Waals surface area contributed by atoms with Gasteiger partial charge in [-0.05, 0) is 49.2 Å². The van der Waals surface area contributed by atoms with E-state index in [1.54, 1.807) is 29.2 Å². The number of nitrogens with zero attached hydrogens (tertiary/aromatic N) is 3. The van der Waals surface area contributed by atoms with Crippen LogP contribution in [-0.2, 0) is 11.3 Å². The Balaban J connectivity index is 1.29. The highest BCUT2D eigenvalue weighted by molar-refractivity contribution is 6.30. The molecule has 1 aliphatic rings. The van der Waals surface area contributed by atoms with Gasteiger partial charge in [-0.25, -0.2) is 4.79 Å². The molecule has 0 radical (unpaired) electrons. The van der Waals surface area contributed by atoms with Crippen LogP contribution in [-0.4, -0.2) is 40.1 Å². The van der Waals surface area contributed by atoms with Crippen LogP contribution in [0.25, 0.3) is 11.4 Å². The van der Waals surface area contributed by atoms with Gasteiger partial charge < -0.3 is 20.1 Å². The Bertz CT molecular complexity index is 1040. The van der Waals surface area contributed by atoms with Crippen molar-refractivity contribution in [2.24, 2.45) is 5.92 Å². The molecule has 0 bridgehead atoms. The van der Waals surface area contributed by atoms with Crippen LogP contribution in [0.1, 0.15) is 18.7 Å². The summed E-state index contributed by atoms with van der Waals surface area (Å²) in [6.07, 6.45) is 1.49. The van der Waals surface area contributed by atoms with Gasteiger partial charge >= 0.3 is 6.03 Å². The van der Waals surface area contributed by atoms with Crippen molar-refractivity contribution in [3.8, 4) is 11.4 Å². The zero-order valence-corrected chi connectivity index (χ0v) is 17.5. The quantitative estimate of drug-likeness (QED) is 0.626. The fraction of sp³-hybridized carbons (Fsp3) is 0.273. The number of para-hydroxylation sites is 1. The molecule has 0 saturated carbocycles. The summed E-state index contributed by atoms with van der Waals surface area (Å²) in [4.78, 5) is 31.1. The van der Waals surface area contributed by atoms with Gasteiger partial charge in [0.15, 0.2) is 0 Å². The summed E-state index contributed by atoms with van der Waals surface area (Å²) in [5.41, 5.74) is 1.50. The first-order valence-corrected chi connectivity index (χ1v) is 10.4. The summed E-state index contributed by atoms with van der Waals surface area (Å²) in [7, 11) is 0. The van der Waals surface area contributed by atoms with Gasteiger partial charge in [-0.2, -0.15) is 4.98 Å². The minimum atomic E-state index is -0.283. The van der Waals surface area contributed by atoms with E-state index in [-0.39, 0.29) is 24.4 Å². The molecule has 1 aliphatic heterocycles. The van der Waals surface area contributed by atoms with Crippen molar-refractivity contribution in [2.75, 3.05) is 18.4 Å². The van der Waals surface area contributed by atoms with Gasteiger partial charge in [0.05, 0.1) is 12.5 Å². The monoisotopic (exact) mass is 439 g/mol. The van der Waals surface area contributed by atoms with Crippen LogP contribution in [0.15, 0.2) is 59.1 Å². The zero-order valence-electron chi connectivity index (χ0n) is 16.8. The van der Waals surface area contributed by atoms with Crippen LogP contribution in [0.5, 0.6) is 0 Å². The highest BCUT2D eigenvalue weighted by Gasteiger charge is 2.28. The fourth-order valence-corrected chi connectivity index (χ4v) is 3.58. The second-order valence-corrected chi connectivity index (χ2v) is 7.75. The van der Waals surface area contributed by atoms with Gasteiger partial charge in [0.1, 0.15) is 0 Å². The molecule has 2 aromatic carbocycles. The molecule has 0 aliphatic carbocycles. The second kappa shape index (κ2) is 9.61. The van der Waals surface area contributed by atoms with Crippen LogP contribution >= 0.6 is 11.6 Å². The summed E-state index contributed by atoms with van der Waals surface area (Å²) in [6, 6.07) is 16.2. The number of amides is 3. The zero-order chi connectivity index (χ0) is 21.6.